The first-order valence-corrected chi connectivity index (χ1v) is 7.40. The zero-order chi connectivity index (χ0) is 15.0. The van der Waals surface area contributed by atoms with E-state index >= 15 is 0 Å². The molecule has 0 saturated heterocycles. The van der Waals surface area contributed by atoms with Gasteiger partial charge >= 0.3 is 0 Å². The van der Waals surface area contributed by atoms with Crippen LogP contribution < -0.4 is 0 Å². The van der Waals surface area contributed by atoms with Crippen molar-refractivity contribution in [3.05, 3.63) is 59.7 Å². The van der Waals surface area contributed by atoms with Crippen LogP contribution in [0, 0.1) is 11.8 Å². The molecule has 0 N–H and O–H groups in total. The SMILES string of the molecule is CC#Cc1c2ccccc2c(C(C)(C)C)c2ccccc12. The zero-order valence-corrected chi connectivity index (χ0v) is 13.1. The lowest BCUT2D eigenvalue weighted by atomic mass is 9.79. The number of hydrogen-bond acceptors (Lipinski definition) is 0. The van der Waals surface area contributed by atoms with Crippen LogP contribution in [-0.4, -0.2) is 0 Å². The van der Waals surface area contributed by atoms with Crippen LogP contribution in [0.25, 0.3) is 21.5 Å². The summed E-state index contributed by atoms with van der Waals surface area (Å²) >= 11 is 0. The lowest BCUT2D eigenvalue weighted by molar-refractivity contribution is 0.601. The Morgan fingerprint density at radius 3 is 1.52 bits per heavy atom. The van der Waals surface area contributed by atoms with E-state index in [9.17, 15) is 0 Å². The largest absolute Gasteiger partial charge is 0.101 e. The van der Waals surface area contributed by atoms with Gasteiger partial charge in [-0.2, -0.15) is 0 Å². The van der Waals surface area contributed by atoms with Crippen molar-refractivity contribution in [1.82, 2.24) is 0 Å². The Morgan fingerprint density at radius 2 is 1.14 bits per heavy atom. The molecule has 0 heteroatoms. The third-order valence-electron chi connectivity index (χ3n) is 3.93. The van der Waals surface area contributed by atoms with Gasteiger partial charge < -0.3 is 0 Å². The number of fused-ring (bicyclic) bond motifs is 2. The molecule has 0 aliphatic heterocycles. The van der Waals surface area contributed by atoms with Crippen LogP contribution in [0.5, 0.6) is 0 Å². The molecule has 0 aliphatic rings. The molecule has 104 valence electrons. The molecule has 3 aromatic rings. The highest BCUT2D eigenvalue weighted by atomic mass is 14.2. The Morgan fingerprint density at radius 1 is 0.714 bits per heavy atom. The van der Waals surface area contributed by atoms with Gasteiger partial charge in [0.1, 0.15) is 0 Å². The molecule has 0 spiro atoms. The molecule has 0 atom stereocenters. The van der Waals surface area contributed by atoms with Crippen LogP contribution in [0.2, 0.25) is 0 Å². The molecule has 0 radical (unpaired) electrons. The van der Waals surface area contributed by atoms with Crippen molar-refractivity contribution >= 4 is 21.5 Å². The Hall–Kier alpha value is -2.26. The quantitative estimate of drug-likeness (QED) is 0.366. The predicted octanol–water partition coefficient (Wildman–Crippen LogP) is 5.66. The van der Waals surface area contributed by atoms with Crippen LogP contribution in [0.4, 0.5) is 0 Å². The van der Waals surface area contributed by atoms with Crippen molar-refractivity contribution in [2.45, 2.75) is 33.1 Å². The van der Waals surface area contributed by atoms with Gasteiger partial charge in [-0.05, 0) is 39.4 Å². The van der Waals surface area contributed by atoms with Gasteiger partial charge in [0, 0.05) is 5.56 Å². The summed E-state index contributed by atoms with van der Waals surface area (Å²) in [5.41, 5.74) is 2.66. The second kappa shape index (κ2) is 4.93. The van der Waals surface area contributed by atoms with Crippen molar-refractivity contribution in [3.8, 4) is 11.8 Å². The standard InChI is InChI=1S/C21H20/c1-5-10-15-16-11-6-8-13-18(16)20(21(2,3)4)19-14-9-7-12-17(15)19/h6-9,11-14H,1-4H3. The molecule has 3 aromatic carbocycles. The van der Waals surface area contributed by atoms with Gasteiger partial charge in [0.25, 0.3) is 0 Å². The van der Waals surface area contributed by atoms with Gasteiger partial charge in [-0.3, -0.25) is 0 Å². The maximum absolute atomic E-state index is 3.32. The maximum Gasteiger partial charge on any atom is 0.0402 e. The van der Waals surface area contributed by atoms with Gasteiger partial charge in [-0.1, -0.05) is 75.2 Å². The first kappa shape index (κ1) is 13.7. The van der Waals surface area contributed by atoms with E-state index < -0.39 is 0 Å². The first-order chi connectivity index (χ1) is 10.0. The number of benzene rings is 3. The molecule has 0 nitrogen and oxygen atoms in total. The third-order valence-corrected chi connectivity index (χ3v) is 3.93. The second-order valence-electron chi connectivity index (χ2n) is 6.47. The second-order valence-corrected chi connectivity index (χ2v) is 6.47. The molecule has 0 amide bonds. The number of hydrogen-bond donors (Lipinski definition) is 0. The van der Waals surface area contributed by atoms with E-state index in [-0.39, 0.29) is 5.41 Å². The van der Waals surface area contributed by atoms with Gasteiger partial charge in [-0.25, -0.2) is 0 Å². The highest BCUT2D eigenvalue weighted by molar-refractivity contribution is 6.08. The minimum atomic E-state index is 0.0946. The molecule has 0 aromatic heterocycles. The smallest absolute Gasteiger partial charge is 0.0402 e. The Bertz CT molecular complexity index is 824. The highest BCUT2D eigenvalue weighted by Crippen LogP contribution is 2.39. The van der Waals surface area contributed by atoms with Gasteiger partial charge in [0.05, 0.1) is 0 Å². The Kier molecular flexibility index (Phi) is 3.22. The summed E-state index contributed by atoms with van der Waals surface area (Å²) in [6, 6.07) is 17.3. The highest BCUT2D eigenvalue weighted by Gasteiger charge is 2.21. The molecule has 0 bridgehead atoms. The summed E-state index contributed by atoms with van der Waals surface area (Å²) in [6.07, 6.45) is 0. The van der Waals surface area contributed by atoms with Crippen LogP contribution in [0.15, 0.2) is 48.5 Å². The Labute approximate surface area is 126 Å². The van der Waals surface area contributed by atoms with Crippen LogP contribution >= 0.6 is 0 Å². The summed E-state index contributed by atoms with van der Waals surface area (Å²) in [5, 5.41) is 5.16. The van der Waals surface area contributed by atoms with Crippen molar-refractivity contribution < 1.29 is 0 Å². The van der Waals surface area contributed by atoms with Gasteiger partial charge in [0.15, 0.2) is 0 Å². The molecule has 3 rings (SSSR count). The molecule has 0 fully saturated rings. The van der Waals surface area contributed by atoms with E-state index in [0.29, 0.717) is 0 Å². The van der Waals surface area contributed by atoms with Crippen molar-refractivity contribution in [1.29, 1.82) is 0 Å². The normalized spacial score (nSPS) is 11.4. The minimum Gasteiger partial charge on any atom is -0.101 e. The summed E-state index contributed by atoms with van der Waals surface area (Å²) in [5.74, 6) is 6.40. The van der Waals surface area contributed by atoms with Crippen molar-refractivity contribution in [2.24, 2.45) is 0 Å². The van der Waals surface area contributed by atoms with E-state index in [2.05, 4.69) is 81.1 Å². The van der Waals surface area contributed by atoms with E-state index in [1.54, 1.807) is 0 Å². The van der Waals surface area contributed by atoms with E-state index in [1.165, 1.54) is 27.1 Å². The average Bonchev–Trinajstić information content (AvgIpc) is 2.46. The van der Waals surface area contributed by atoms with Crippen molar-refractivity contribution in [3.63, 3.8) is 0 Å². The van der Waals surface area contributed by atoms with Crippen LogP contribution in [0.3, 0.4) is 0 Å². The van der Waals surface area contributed by atoms with E-state index in [1.807, 2.05) is 6.92 Å². The fourth-order valence-corrected chi connectivity index (χ4v) is 3.20. The molecule has 0 aliphatic carbocycles. The number of rotatable bonds is 0. The average molecular weight is 272 g/mol. The molecule has 21 heavy (non-hydrogen) atoms. The fourth-order valence-electron chi connectivity index (χ4n) is 3.20. The Balaban J connectivity index is 2.66. The molecule has 0 unspecified atom stereocenters. The fraction of sp³-hybridized carbons (Fsp3) is 0.238. The molecule has 0 saturated carbocycles. The zero-order valence-electron chi connectivity index (χ0n) is 13.1. The monoisotopic (exact) mass is 272 g/mol. The summed E-state index contributed by atoms with van der Waals surface area (Å²) < 4.78 is 0. The molecule has 0 heterocycles. The summed E-state index contributed by atoms with van der Waals surface area (Å²) in [6.45, 7) is 8.76. The lowest BCUT2D eigenvalue weighted by Gasteiger charge is -2.25. The van der Waals surface area contributed by atoms with Crippen LogP contribution in [0.1, 0.15) is 38.8 Å². The predicted molar refractivity (Wildman–Crippen MR) is 92.7 cm³/mol. The van der Waals surface area contributed by atoms with E-state index in [4.69, 9.17) is 0 Å². The summed E-state index contributed by atoms with van der Waals surface area (Å²) in [7, 11) is 0. The summed E-state index contributed by atoms with van der Waals surface area (Å²) in [4.78, 5) is 0. The van der Waals surface area contributed by atoms with Crippen LogP contribution in [-0.2, 0) is 5.41 Å². The minimum absolute atomic E-state index is 0.0946. The van der Waals surface area contributed by atoms with Crippen molar-refractivity contribution in [2.75, 3.05) is 0 Å². The van der Waals surface area contributed by atoms with Gasteiger partial charge in [-0.15, -0.1) is 5.92 Å². The topological polar surface area (TPSA) is 0 Å². The molecular formula is C21H20. The van der Waals surface area contributed by atoms with Gasteiger partial charge in [0.2, 0.25) is 0 Å². The lowest BCUT2D eigenvalue weighted by Crippen LogP contribution is -2.13. The molecular weight excluding hydrogens is 252 g/mol. The third kappa shape index (κ3) is 2.20. The first-order valence-electron chi connectivity index (χ1n) is 7.40. The maximum atomic E-state index is 3.32. The van der Waals surface area contributed by atoms with E-state index in [0.717, 1.165) is 5.56 Å².